The highest BCUT2D eigenvalue weighted by Gasteiger charge is 2.19. The average Bonchev–Trinajstić information content (AvgIpc) is 2.50. The van der Waals surface area contributed by atoms with Crippen molar-refractivity contribution < 1.29 is 29.6 Å². The molecule has 3 rings (SSSR count). The van der Waals surface area contributed by atoms with Gasteiger partial charge in [-0.25, -0.2) is 0 Å². The molecule has 0 spiro atoms. The summed E-state index contributed by atoms with van der Waals surface area (Å²) in [6.07, 6.45) is 0. The SMILES string of the molecule is COc1ccc(-c2oc3cc(O)cc(O)c3c(=O)c2O)cc1O. The lowest BCUT2D eigenvalue weighted by Gasteiger charge is -2.09. The van der Waals surface area contributed by atoms with E-state index >= 15 is 0 Å². The fourth-order valence-electron chi connectivity index (χ4n) is 2.30. The van der Waals surface area contributed by atoms with Gasteiger partial charge >= 0.3 is 0 Å². The van der Waals surface area contributed by atoms with Gasteiger partial charge in [-0.15, -0.1) is 0 Å². The lowest BCUT2D eigenvalue weighted by molar-refractivity contribution is 0.373. The van der Waals surface area contributed by atoms with E-state index in [0.717, 1.165) is 12.1 Å². The van der Waals surface area contributed by atoms with Crippen LogP contribution < -0.4 is 10.2 Å². The van der Waals surface area contributed by atoms with Crippen LogP contribution in [0.25, 0.3) is 22.3 Å². The summed E-state index contributed by atoms with van der Waals surface area (Å²) in [5.74, 6) is -1.72. The van der Waals surface area contributed by atoms with Gasteiger partial charge in [0, 0.05) is 17.7 Å². The summed E-state index contributed by atoms with van der Waals surface area (Å²) in [5.41, 5.74) is -0.729. The van der Waals surface area contributed by atoms with Gasteiger partial charge in [-0.2, -0.15) is 0 Å². The first kappa shape index (κ1) is 14.6. The zero-order valence-corrected chi connectivity index (χ0v) is 11.9. The van der Waals surface area contributed by atoms with Crippen LogP contribution in [0.4, 0.5) is 0 Å². The molecule has 3 aromatic rings. The van der Waals surface area contributed by atoms with E-state index in [1.165, 1.54) is 25.3 Å². The maximum absolute atomic E-state index is 12.2. The molecule has 23 heavy (non-hydrogen) atoms. The predicted molar refractivity (Wildman–Crippen MR) is 81.1 cm³/mol. The van der Waals surface area contributed by atoms with Gasteiger partial charge in [0.05, 0.1) is 7.11 Å². The maximum atomic E-state index is 12.2. The standard InChI is InChI=1S/C16H12O7/c1-22-11-3-2-7(4-9(11)18)16-15(21)14(20)13-10(19)5-8(17)6-12(13)23-16/h2-6,17-19,21H,1H3. The number of methoxy groups -OCH3 is 1. The monoisotopic (exact) mass is 316 g/mol. The van der Waals surface area contributed by atoms with Crippen molar-refractivity contribution in [2.75, 3.05) is 7.11 Å². The molecule has 1 heterocycles. The normalized spacial score (nSPS) is 10.8. The minimum Gasteiger partial charge on any atom is -0.508 e. The van der Waals surface area contributed by atoms with Crippen LogP contribution >= 0.6 is 0 Å². The van der Waals surface area contributed by atoms with E-state index in [9.17, 15) is 25.2 Å². The smallest absolute Gasteiger partial charge is 0.238 e. The van der Waals surface area contributed by atoms with Gasteiger partial charge in [0.15, 0.2) is 17.3 Å². The van der Waals surface area contributed by atoms with E-state index in [0.29, 0.717) is 0 Å². The van der Waals surface area contributed by atoms with Crippen molar-refractivity contribution in [2.24, 2.45) is 0 Å². The highest BCUT2D eigenvalue weighted by Crippen LogP contribution is 2.37. The van der Waals surface area contributed by atoms with Gasteiger partial charge in [-0.1, -0.05) is 0 Å². The molecule has 0 amide bonds. The molecule has 0 bridgehead atoms. The minimum atomic E-state index is -0.853. The molecule has 0 saturated carbocycles. The zero-order valence-electron chi connectivity index (χ0n) is 11.9. The summed E-state index contributed by atoms with van der Waals surface area (Å²) in [7, 11) is 1.38. The van der Waals surface area contributed by atoms with Crippen molar-refractivity contribution in [2.45, 2.75) is 0 Å². The summed E-state index contributed by atoms with van der Waals surface area (Å²) >= 11 is 0. The van der Waals surface area contributed by atoms with Gasteiger partial charge in [-0.3, -0.25) is 4.79 Å². The first-order valence-corrected chi connectivity index (χ1v) is 6.51. The summed E-state index contributed by atoms with van der Waals surface area (Å²) in [6.45, 7) is 0. The summed E-state index contributed by atoms with van der Waals surface area (Å²) in [4.78, 5) is 12.2. The quantitative estimate of drug-likeness (QED) is 0.572. The topological polar surface area (TPSA) is 120 Å². The number of fused-ring (bicyclic) bond motifs is 1. The highest BCUT2D eigenvalue weighted by atomic mass is 16.5. The van der Waals surface area contributed by atoms with Gasteiger partial charge < -0.3 is 29.6 Å². The Morgan fingerprint density at radius 3 is 2.39 bits per heavy atom. The Hall–Kier alpha value is -3.35. The molecule has 0 saturated heterocycles. The Balaban J connectivity index is 2.32. The fourth-order valence-corrected chi connectivity index (χ4v) is 2.30. The van der Waals surface area contributed by atoms with Crippen molar-refractivity contribution >= 4 is 11.0 Å². The van der Waals surface area contributed by atoms with Crippen LogP contribution in [-0.4, -0.2) is 27.5 Å². The van der Waals surface area contributed by atoms with E-state index in [1.807, 2.05) is 0 Å². The van der Waals surface area contributed by atoms with Crippen molar-refractivity contribution in [1.29, 1.82) is 0 Å². The molecule has 4 N–H and O–H groups in total. The summed E-state index contributed by atoms with van der Waals surface area (Å²) in [6, 6.07) is 6.28. The number of phenolic OH excluding ortho intramolecular Hbond substituents is 3. The summed E-state index contributed by atoms with van der Waals surface area (Å²) in [5, 5.41) is 38.9. The third kappa shape index (κ3) is 2.28. The van der Waals surface area contributed by atoms with Crippen LogP contribution in [0.15, 0.2) is 39.5 Å². The van der Waals surface area contributed by atoms with Crippen LogP contribution in [0.2, 0.25) is 0 Å². The first-order valence-electron chi connectivity index (χ1n) is 6.51. The molecule has 118 valence electrons. The number of benzene rings is 2. The van der Waals surface area contributed by atoms with Crippen LogP contribution in [0.5, 0.6) is 28.7 Å². The number of phenols is 3. The van der Waals surface area contributed by atoms with Crippen LogP contribution in [0, 0.1) is 0 Å². The Kier molecular flexibility index (Phi) is 3.25. The third-order valence-electron chi connectivity index (χ3n) is 3.38. The Labute approximate surface area is 129 Å². The Bertz CT molecular complexity index is 972. The summed E-state index contributed by atoms with van der Waals surface area (Å²) < 4.78 is 10.3. The maximum Gasteiger partial charge on any atom is 0.238 e. The van der Waals surface area contributed by atoms with E-state index in [1.54, 1.807) is 0 Å². The van der Waals surface area contributed by atoms with Gasteiger partial charge in [0.25, 0.3) is 0 Å². The number of hydrogen-bond acceptors (Lipinski definition) is 7. The molecule has 0 atom stereocenters. The fraction of sp³-hybridized carbons (Fsp3) is 0.0625. The van der Waals surface area contributed by atoms with Crippen LogP contribution in [-0.2, 0) is 0 Å². The van der Waals surface area contributed by atoms with E-state index < -0.39 is 16.9 Å². The van der Waals surface area contributed by atoms with Crippen molar-refractivity contribution in [3.8, 4) is 40.1 Å². The second-order valence-electron chi connectivity index (χ2n) is 4.83. The molecule has 2 aromatic carbocycles. The molecule has 0 unspecified atom stereocenters. The van der Waals surface area contributed by atoms with Gasteiger partial charge in [0.1, 0.15) is 22.5 Å². The van der Waals surface area contributed by atoms with Crippen molar-refractivity contribution in [3.05, 3.63) is 40.6 Å². The Morgan fingerprint density at radius 1 is 1.00 bits per heavy atom. The molecule has 0 radical (unpaired) electrons. The van der Waals surface area contributed by atoms with Gasteiger partial charge in [0.2, 0.25) is 11.2 Å². The number of hydrogen-bond donors (Lipinski definition) is 4. The number of rotatable bonds is 2. The van der Waals surface area contributed by atoms with E-state index in [-0.39, 0.29) is 39.5 Å². The predicted octanol–water partition coefficient (Wildman–Crippen LogP) is 2.29. The van der Waals surface area contributed by atoms with Gasteiger partial charge in [-0.05, 0) is 18.2 Å². The number of ether oxygens (including phenoxy) is 1. The van der Waals surface area contributed by atoms with Crippen molar-refractivity contribution in [3.63, 3.8) is 0 Å². The minimum absolute atomic E-state index is 0.101. The average molecular weight is 316 g/mol. The molecule has 0 fully saturated rings. The number of aromatic hydroxyl groups is 4. The molecule has 0 aliphatic carbocycles. The molecule has 0 aliphatic heterocycles. The lowest BCUT2D eigenvalue weighted by atomic mass is 10.1. The molecular weight excluding hydrogens is 304 g/mol. The third-order valence-corrected chi connectivity index (χ3v) is 3.38. The molecule has 1 aromatic heterocycles. The lowest BCUT2D eigenvalue weighted by Crippen LogP contribution is -2.03. The first-order chi connectivity index (χ1) is 10.9. The molecular formula is C16H12O7. The molecule has 7 heteroatoms. The second kappa shape index (κ2) is 5.13. The largest absolute Gasteiger partial charge is 0.508 e. The van der Waals surface area contributed by atoms with Crippen LogP contribution in [0.1, 0.15) is 0 Å². The molecule has 7 nitrogen and oxygen atoms in total. The zero-order chi connectivity index (χ0) is 16.7. The Morgan fingerprint density at radius 2 is 1.74 bits per heavy atom. The van der Waals surface area contributed by atoms with Crippen molar-refractivity contribution in [1.82, 2.24) is 0 Å². The van der Waals surface area contributed by atoms with E-state index in [4.69, 9.17) is 9.15 Å². The van der Waals surface area contributed by atoms with E-state index in [2.05, 4.69) is 0 Å². The highest BCUT2D eigenvalue weighted by molar-refractivity contribution is 5.88. The molecule has 0 aliphatic rings. The second-order valence-corrected chi connectivity index (χ2v) is 4.83. The van der Waals surface area contributed by atoms with Crippen LogP contribution in [0.3, 0.4) is 0 Å².